The molecule has 0 fully saturated rings. The summed E-state index contributed by atoms with van der Waals surface area (Å²) in [4.78, 5) is 20.6. The van der Waals surface area contributed by atoms with E-state index in [0.717, 1.165) is 17.2 Å². The van der Waals surface area contributed by atoms with Crippen LogP contribution in [0.25, 0.3) is 0 Å². The Morgan fingerprint density at radius 3 is 2.46 bits per heavy atom. The first-order chi connectivity index (χ1) is 13.4. The van der Waals surface area contributed by atoms with Gasteiger partial charge in [0.2, 0.25) is 0 Å². The lowest BCUT2D eigenvalue weighted by molar-refractivity contribution is 0.102. The maximum Gasteiger partial charge on any atom is 0.255 e. The molecule has 0 aliphatic rings. The molecule has 5 nitrogen and oxygen atoms in total. The highest BCUT2D eigenvalue weighted by molar-refractivity contribution is 6.29. The molecule has 2 heterocycles. The molecule has 0 unspecified atom stereocenters. The molecule has 0 bridgehead atoms. The number of nitrogens with one attached hydrogen (secondary N) is 2. The van der Waals surface area contributed by atoms with E-state index in [2.05, 4.69) is 34.4 Å². The van der Waals surface area contributed by atoms with Gasteiger partial charge in [-0.3, -0.25) is 9.78 Å². The topological polar surface area (TPSA) is 66.9 Å². The van der Waals surface area contributed by atoms with Gasteiger partial charge in [0.05, 0.1) is 5.69 Å². The summed E-state index contributed by atoms with van der Waals surface area (Å²) in [7, 11) is 0. The highest BCUT2D eigenvalue weighted by atomic mass is 35.5. The smallest absolute Gasteiger partial charge is 0.255 e. The minimum atomic E-state index is -0.707. The predicted octanol–water partition coefficient (Wildman–Crippen LogP) is 5.26. The highest BCUT2D eigenvalue weighted by Gasteiger charge is 2.14. The number of carbonyl (C=O) groups is 1. The minimum absolute atomic E-state index is 0.217. The summed E-state index contributed by atoms with van der Waals surface area (Å²) in [6, 6.07) is 12.1. The molecule has 0 aliphatic heterocycles. The molecule has 3 aromatic rings. The van der Waals surface area contributed by atoms with Crippen LogP contribution in [-0.2, 0) is 6.54 Å². The number of rotatable bonds is 6. The summed E-state index contributed by atoms with van der Waals surface area (Å²) in [6.07, 6.45) is 3.34. The minimum Gasteiger partial charge on any atom is -0.364 e. The highest BCUT2D eigenvalue weighted by Crippen LogP contribution is 2.26. The third-order valence-corrected chi connectivity index (χ3v) is 4.50. The van der Waals surface area contributed by atoms with Crippen molar-refractivity contribution < 1.29 is 9.18 Å². The molecule has 7 heteroatoms. The van der Waals surface area contributed by atoms with Crippen LogP contribution in [0.3, 0.4) is 0 Å². The van der Waals surface area contributed by atoms with E-state index in [0.29, 0.717) is 18.0 Å². The molecular weight excluding hydrogens is 379 g/mol. The fourth-order valence-electron chi connectivity index (χ4n) is 2.60. The standard InChI is InChI=1S/C21H20ClFN4O/c1-13(2)15-3-5-16(6-4-15)21(28)26-18-11-17(23)19(22)27-20(18)25-12-14-7-9-24-10-8-14/h3-11,13H,12H2,1-2H3,(H,25,27)(H,26,28). The van der Waals surface area contributed by atoms with Gasteiger partial charge in [-0.25, -0.2) is 9.37 Å². The van der Waals surface area contributed by atoms with Crippen molar-refractivity contribution >= 4 is 29.0 Å². The van der Waals surface area contributed by atoms with Gasteiger partial charge in [-0.2, -0.15) is 0 Å². The Labute approximate surface area is 168 Å². The molecule has 3 rings (SSSR count). The Morgan fingerprint density at radius 1 is 1.14 bits per heavy atom. The average Bonchev–Trinajstić information content (AvgIpc) is 2.70. The summed E-state index contributed by atoms with van der Waals surface area (Å²) in [5.41, 5.74) is 2.78. The number of hydrogen-bond acceptors (Lipinski definition) is 4. The number of pyridine rings is 2. The van der Waals surface area contributed by atoms with Gasteiger partial charge >= 0.3 is 0 Å². The fraction of sp³-hybridized carbons (Fsp3) is 0.190. The second-order valence-corrected chi connectivity index (χ2v) is 6.96. The Balaban J connectivity index is 1.79. The number of aromatic nitrogens is 2. The van der Waals surface area contributed by atoms with Gasteiger partial charge < -0.3 is 10.6 Å². The van der Waals surface area contributed by atoms with E-state index in [-0.39, 0.29) is 22.6 Å². The zero-order valence-electron chi connectivity index (χ0n) is 15.5. The monoisotopic (exact) mass is 398 g/mol. The first-order valence-electron chi connectivity index (χ1n) is 8.84. The summed E-state index contributed by atoms with van der Waals surface area (Å²) >= 11 is 5.82. The van der Waals surface area contributed by atoms with Gasteiger partial charge in [0.15, 0.2) is 16.8 Å². The van der Waals surface area contributed by atoms with Gasteiger partial charge in [0.1, 0.15) is 0 Å². The van der Waals surface area contributed by atoms with Gasteiger partial charge in [-0.15, -0.1) is 0 Å². The number of benzene rings is 1. The summed E-state index contributed by atoms with van der Waals surface area (Å²) in [5, 5.41) is 5.51. The molecule has 0 saturated heterocycles. The molecule has 1 aromatic carbocycles. The zero-order chi connectivity index (χ0) is 20.1. The first-order valence-corrected chi connectivity index (χ1v) is 9.22. The van der Waals surface area contributed by atoms with Crippen molar-refractivity contribution in [2.45, 2.75) is 26.3 Å². The zero-order valence-corrected chi connectivity index (χ0v) is 16.3. The maximum atomic E-state index is 13.9. The van der Waals surface area contributed by atoms with Gasteiger partial charge in [-0.05, 0) is 41.3 Å². The van der Waals surface area contributed by atoms with Crippen molar-refractivity contribution in [3.8, 4) is 0 Å². The van der Waals surface area contributed by atoms with Crippen molar-refractivity contribution in [2.24, 2.45) is 0 Å². The van der Waals surface area contributed by atoms with E-state index >= 15 is 0 Å². The molecule has 0 aliphatic carbocycles. The van der Waals surface area contributed by atoms with Crippen molar-refractivity contribution in [2.75, 3.05) is 10.6 Å². The van der Waals surface area contributed by atoms with Crippen LogP contribution in [0, 0.1) is 5.82 Å². The fourth-order valence-corrected chi connectivity index (χ4v) is 2.74. The van der Waals surface area contributed by atoms with Crippen molar-refractivity contribution in [1.29, 1.82) is 0 Å². The molecule has 0 atom stereocenters. The summed E-state index contributed by atoms with van der Waals surface area (Å²) in [5.74, 6) is -0.404. The number of nitrogens with zero attached hydrogens (tertiary/aromatic N) is 2. The number of carbonyl (C=O) groups excluding carboxylic acids is 1. The van der Waals surface area contributed by atoms with Crippen LogP contribution >= 0.6 is 11.6 Å². The van der Waals surface area contributed by atoms with Crippen LogP contribution in [0.2, 0.25) is 5.15 Å². The Bertz CT molecular complexity index is 962. The molecular formula is C21H20ClFN4O. The SMILES string of the molecule is CC(C)c1ccc(C(=O)Nc2cc(F)c(Cl)nc2NCc2ccncc2)cc1. The van der Waals surface area contributed by atoms with Gasteiger partial charge in [0.25, 0.3) is 5.91 Å². The third-order valence-electron chi connectivity index (χ3n) is 4.23. The van der Waals surface area contributed by atoms with E-state index < -0.39 is 5.82 Å². The lowest BCUT2D eigenvalue weighted by atomic mass is 10.0. The molecule has 0 radical (unpaired) electrons. The van der Waals surface area contributed by atoms with Crippen molar-refractivity contribution in [3.05, 3.63) is 82.5 Å². The van der Waals surface area contributed by atoms with E-state index in [1.165, 1.54) is 0 Å². The molecule has 2 N–H and O–H groups in total. The molecule has 0 saturated carbocycles. The average molecular weight is 399 g/mol. The number of anilines is 2. The van der Waals surface area contributed by atoms with Crippen molar-refractivity contribution in [3.63, 3.8) is 0 Å². The Kier molecular flexibility index (Phi) is 6.21. The van der Waals surface area contributed by atoms with Crippen LogP contribution in [0.15, 0.2) is 54.9 Å². The van der Waals surface area contributed by atoms with E-state index in [9.17, 15) is 9.18 Å². The second-order valence-electron chi connectivity index (χ2n) is 6.60. The van der Waals surface area contributed by atoms with Gasteiger partial charge in [0, 0.05) is 30.6 Å². The molecule has 0 spiro atoms. The van der Waals surface area contributed by atoms with E-state index in [1.807, 2.05) is 24.3 Å². The Hall–Kier alpha value is -2.99. The number of halogens is 2. The summed E-state index contributed by atoms with van der Waals surface area (Å²) in [6.45, 7) is 4.58. The third kappa shape index (κ3) is 4.84. The van der Waals surface area contributed by atoms with Crippen LogP contribution in [0.1, 0.15) is 41.3 Å². The van der Waals surface area contributed by atoms with E-state index in [1.54, 1.807) is 24.5 Å². The predicted molar refractivity (Wildman–Crippen MR) is 109 cm³/mol. The molecule has 144 valence electrons. The summed E-state index contributed by atoms with van der Waals surface area (Å²) < 4.78 is 13.9. The van der Waals surface area contributed by atoms with Crippen LogP contribution in [-0.4, -0.2) is 15.9 Å². The van der Waals surface area contributed by atoms with Crippen LogP contribution < -0.4 is 10.6 Å². The Morgan fingerprint density at radius 2 is 1.82 bits per heavy atom. The number of hydrogen-bond donors (Lipinski definition) is 2. The molecule has 28 heavy (non-hydrogen) atoms. The number of amides is 1. The van der Waals surface area contributed by atoms with E-state index in [4.69, 9.17) is 11.6 Å². The van der Waals surface area contributed by atoms with Crippen LogP contribution in [0.4, 0.5) is 15.9 Å². The first kappa shape index (κ1) is 19.8. The lowest BCUT2D eigenvalue weighted by Gasteiger charge is -2.14. The van der Waals surface area contributed by atoms with Gasteiger partial charge in [-0.1, -0.05) is 37.6 Å². The lowest BCUT2D eigenvalue weighted by Crippen LogP contribution is -2.15. The molecule has 1 amide bonds. The molecule has 2 aromatic heterocycles. The quantitative estimate of drug-likeness (QED) is 0.556. The normalized spacial score (nSPS) is 10.8. The second kappa shape index (κ2) is 8.80. The van der Waals surface area contributed by atoms with Crippen LogP contribution in [0.5, 0.6) is 0 Å². The largest absolute Gasteiger partial charge is 0.364 e. The van der Waals surface area contributed by atoms with Crippen molar-refractivity contribution in [1.82, 2.24) is 9.97 Å². The maximum absolute atomic E-state index is 13.9.